The molecule has 0 saturated heterocycles. The highest BCUT2D eigenvalue weighted by Crippen LogP contribution is 1.97. The molecule has 0 amide bonds. The van der Waals surface area contributed by atoms with E-state index >= 15 is 0 Å². The van der Waals surface area contributed by atoms with Crippen LogP contribution in [0.15, 0.2) is 12.5 Å². The van der Waals surface area contributed by atoms with Crippen LogP contribution in [0.5, 0.6) is 0 Å². The number of nitrogens with zero attached hydrogens (tertiary/aromatic N) is 2. The van der Waals surface area contributed by atoms with Crippen molar-refractivity contribution in [3.05, 3.63) is 18.2 Å². The number of hydrogen-bond donors (Lipinski definition) is 1. The van der Waals surface area contributed by atoms with Gasteiger partial charge in [-0.3, -0.25) is 0 Å². The molecule has 0 saturated carbocycles. The standard InChI is InChI=1S/C11H21N3O/c1-10(2)8-15-6-5-14-7-11(3-4-12)13-9-14/h7,9-10H,3-6,8,12H2,1-2H3. The van der Waals surface area contributed by atoms with Gasteiger partial charge in [-0.05, 0) is 12.5 Å². The first-order valence-corrected chi connectivity index (χ1v) is 5.51. The van der Waals surface area contributed by atoms with Crippen molar-refractivity contribution in [3.8, 4) is 0 Å². The van der Waals surface area contributed by atoms with E-state index in [1.165, 1.54) is 0 Å². The molecule has 4 heteroatoms. The zero-order valence-electron chi connectivity index (χ0n) is 9.65. The van der Waals surface area contributed by atoms with E-state index in [4.69, 9.17) is 10.5 Å². The molecule has 0 fully saturated rings. The van der Waals surface area contributed by atoms with Crippen LogP contribution in [0.1, 0.15) is 19.5 Å². The SMILES string of the molecule is CC(C)COCCn1cnc(CCN)c1. The van der Waals surface area contributed by atoms with E-state index < -0.39 is 0 Å². The quantitative estimate of drug-likeness (QED) is 0.686. The summed E-state index contributed by atoms with van der Waals surface area (Å²) in [5, 5.41) is 0. The molecule has 0 aliphatic rings. The fourth-order valence-corrected chi connectivity index (χ4v) is 1.29. The van der Waals surface area contributed by atoms with Crippen molar-refractivity contribution in [2.45, 2.75) is 26.8 Å². The maximum Gasteiger partial charge on any atom is 0.0950 e. The molecule has 0 atom stereocenters. The average Bonchev–Trinajstić information content (AvgIpc) is 2.61. The third-order valence-electron chi connectivity index (χ3n) is 2.03. The van der Waals surface area contributed by atoms with Crippen molar-refractivity contribution >= 4 is 0 Å². The summed E-state index contributed by atoms with van der Waals surface area (Å²) in [4.78, 5) is 4.25. The van der Waals surface area contributed by atoms with Gasteiger partial charge in [-0.25, -0.2) is 4.98 Å². The lowest BCUT2D eigenvalue weighted by Gasteiger charge is -2.06. The summed E-state index contributed by atoms with van der Waals surface area (Å²) in [6, 6.07) is 0. The second-order valence-corrected chi connectivity index (χ2v) is 4.11. The Morgan fingerprint density at radius 2 is 2.33 bits per heavy atom. The summed E-state index contributed by atoms with van der Waals surface area (Å²) < 4.78 is 7.54. The van der Waals surface area contributed by atoms with Crippen LogP contribution < -0.4 is 5.73 Å². The fourth-order valence-electron chi connectivity index (χ4n) is 1.29. The van der Waals surface area contributed by atoms with Crippen LogP contribution in [0, 0.1) is 5.92 Å². The molecule has 0 radical (unpaired) electrons. The predicted molar refractivity (Wildman–Crippen MR) is 60.6 cm³/mol. The first-order valence-electron chi connectivity index (χ1n) is 5.51. The predicted octanol–water partition coefficient (Wildman–Crippen LogP) is 1.06. The first kappa shape index (κ1) is 12.2. The molecule has 0 aliphatic carbocycles. The van der Waals surface area contributed by atoms with Crippen LogP contribution in [-0.4, -0.2) is 29.3 Å². The van der Waals surface area contributed by atoms with Crippen LogP contribution in [-0.2, 0) is 17.7 Å². The molecule has 2 N–H and O–H groups in total. The van der Waals surface area contributed by atoms with E-state index in [0.29, 0.717) is 12.5 Å². The van der Waals surface area contributed by atoms with E-state index in [2.05, 4.69) is 18.8 Å². The van der Waals surface area contributed by atoms with Crippen LogP contribution >= 0.6 is 0 Å². The number of ether oxygens (including phenoxy) is 1. The highest BCUT2D eigenvalue weighted by Gasteiger charge is 1.98. The second-order valence-electron chi connectivity index (χ2n) is 4.11. The molecule has 86 valence electrons. The number of imidazole rings is 1. The zero-order valence-corrected chi connectivity index (χ0v) is 9.65. The van der Waals surface area contributed by atoms with Gasteiger partial charge >= 0.3 is 0 Å². The third kappa shape index (κ3) is 4.95. The van der Waals surface area contributed by atoms with Crippen molar-refractivity contribution in [2.75, 3.05) is 19.8 Å². The lowest BCUT2D eigenvalue weighted by atomic mass is 10.2. The van der Waals surface area contributed by atoms with Gasteiger partial charge in [-0.2, -0.15) is 0 Å². The summed E-state index contributed by atoms with van der Waals surface area (Å²) in [5.41, 5.74) is 6.51. The Bertz CT molecular complexity index is 271. The van der Waals surface area contributed by atoms with Gasteiger partial charge in [0, 0.05) is 25.8 Å². The van der Waals surface area contributed by atoms with Crippen molar-refractivity contribution in [1.82, 2.24) is 9.55 Å². The second kappa shape index (κ2) is 6.58. The zero-order chi connectivity index (χ0) is 11.1. The average molecular weight is 211 g/mol. The molecular formula is C11H21N3O. The van der Waals surface area contributed by atoms with Crippen molar-refractivity contribution in [2.24, 2.45) is 11.7 Å². The molecule has 1 heterocycles. The summed E-state index contributed by atoms with van der Waals surface area (Å²) in [7, 11) is 0. The molecular weight excluding hydrogens is 190 g/mol. The van der Waals surface area contributed by atoms with Crippen molar-refractivity contribution in [3.63, 3.8) is 0 Å². The smallest absolute Gasteiger partial charge is 0.0950 e. The highest BCUT2D eigenvalue weighted by atomic mass is 16.5. The van der Waals surface area contributed by atoms with E-state index in [1.807, 2.05) is 17.1 Å². The molecule has 0 spiro atoms. The van der Waals surface area contributed by atoms with Gasteiger partial charge in [0.15, 0.2) is 0 Å². The van der Waals surface area contributed by atoms with E-state index in [-0.39, 0.29) is 0 Å². The number of hydrogen-bond acceptors (Lipinski definition) is 3. The summed E-state index contributed by atoms with van der Waals surface area (Å²) >= 11 is 0. The maximum atomic E-state index is 5.49. The van der Waals surface area contributed by atoms with E-state index in [0.717, 1.165) is 31.9 Å². The summed E-state index contributed by atoms with van der Waals surface area (Å²) in [5.74, 6) is 0.598. The van der Waals surface area contributed by atoms with Gasteiger partial charge in [-0.15, -0.1) is 0 Å². The van der Waals surface area contributed by atoms with Gasteiger partial charge in [-0.1, -0.05) is 13.8 Å². The Morgan fingerprint density at radius 3 is 3.00 bits per heavy atom. The van der Waals surface area contributed by atoms with Crippen LogP contribution in [0.2, 0.25) is 0 Å². The summed E-state index contributed by atoms with van der Waals surface area (Å²) in [6.45, 7) is 7.39. The molecule has 0 aromatic carbocycles. The Morgan fingerprint density at radius 1 is 1.53 bits per heavy atom. The van der Waals surface area contributed by atoms with Gasteiger partial charge in [0.25, 0.3) is 0 Å². The van der Waals surface area contributed by atoms with Gasteiger partial charge in [0.05, 0.1) is 18.6 Å². The fraction of sp³-hybridized carbons (Fsp3) is 0.727. The lowest BCUT2D eigenvalue weighted by Crippen LogP contribution is -2.08. The Balaban J connectivity index is 2.19. The normalized spacial score (nSPS) is 11.2. The molecule has 1 aromatic rings. The number of nitrogens with two attached hydrogens (primary N) is 1. The molecule has 0 aliphatic heterocycles. The van der Waals surface area contributed by atoms with E-state index in [1.54, 1.807) is 0 Å². The van der Waals surface area contributed by atoms with Crippen molar-refractivity contribution in [1.29, 1.82) is 0 Å². The summed E-state index contributed by atoms with van der Waals surface area (Å²) in [6.07, 6.45) is 4.72. The molecule has 1 rings (SSSR count). The number of rotatable bonds is 7. The first-order chi connectivity index (χ1) is 7.22. The molecule has 1 aromatic heterocycles. The third-order valence-corrected chi connectivity index (χ3v) is 2.03. The van der Waals surface area contributed by atoms with Crippen LogP contribution in [0.4, 0.5) is 0 Å². The minimum atomic E-state index is 0.598. The van der Waals surface area contributed by atoms with Crippen LogP contribution in [0.3, 0.4) is 0 Å². The Kier molecular flexibility index (Phi) is 5.36. The van der Waals surface area contributed by atoms with Crippen LogP contribution in [0.25, 0.3) is 0 Å². The Labute approximate surface area is 91.4 Å². The van der Waals surface area contributed by atoms with Gasteiger partial charge in [0.2, 0.25) is 0 Å². The molecule has 4 nitrogen and oxygen atoms in total. The molecule has 0 bridgehead atoms. The van der Waals surface area contributed by atoms with Gasteiger partial charge in [0.1, 0.15) is 0 Å². The lowest BCUT2D eigenvalue weighted by molar-refractivity contribution is 0.103. The van der Waals surface area contributed by atoms with Gasteiger partial charge < -0.3 is 15.0 Å². The number of aromatic nitrogens is 2. The monoisotopic (exact) mass is 211 g/mol. The largest absolute Gasteiger partial charge is 0.379 e. The minimum Gasteiger partial charge on any atom is -0.379 e. The minimum absolute atomic E-state index is 0.598. The topological polar surface area (TPSA) is 53.1 Å². The van der Waals surface area contributed by atoms with Crippen molar-refractivity contribution < 1.29 is 4.74 Å². The van der Waals surface area contributed by atoms with E-state index in [9.17, 15) is 0 Å². The Hall–Kier alpha value is -0.870. The molecule has 15 heavy (non-hydrogen) atoms. The maximum absolute atomic E-state index is 5.49. The highest BCUT2D eigenvalue weighted by molar-refractivity contribution is 4.96. The molecule has 0 unspecified atom stereocenters.